The Morgan fingerprint density at radius 1 is 1.22 bits per heavy atom. The molecule has 3 rings (SSSR count). The van der Waals surface area contributed by atoms with Crippen LogP contribution in [0.1, 0.15) is 18.7 Å². The molecule has 3 aromatic rings. The molecule has 0 radical (unpaired) electrons. The zero-order valence-electron chi connectivity index (χ0n) is 13.3. The van der Waals surface area contributed by atoms with Crippen LogP contribution in [-0.4, -0.2) is 44.9 Å². The Hall–Kier alpha value is -2.96. The van der Waals surface area contributed by atoms with Crippen LogP contribution in [0.2, 0.25) is 0 Å². The average Bonchev–Trinajstić information content (AvgIpc) is 2.96. The van der Waals surface area contributed by atoms with Crippen molar-refractivity contribution in [3.8, 4) is 5.75 Å². The fourth-order valence-electron chi connectivity index (χ4n) is 2.09. The van der Waals surface area contributed by atoms with Crippen LogP contribution in [0, 0.1) is 0 Å². The van der Waals surface area contributed by atoms with Crippen LogP contribution in [-0.2, 0) is 0 Å². The van der Waals surface area contributed by atoms with Crippen LogP contribution in [0.3, 0.4) is 0 Å². The zero-order valence-corrected chi connectivity index (χ0v) is 13.3. The third-order valence-electron chi connectivity index (χ3n) is 3.14. The molecule has 0 saturated carbocycles. The second-order valence-corrected chi connectivity index (χ2v) is 5.27. The third-order valence-corrected chi connectivity index (χ3v) is 3.14. The van der Waals surface area contributed by atoms with Crippen molar-refractivity contribution in [3.05, 3.63) is 48.3 Å². The Balaban J connectivity index is 1.91. The van der Waals surface area contributed by atoms with E-state index in [1.807, 2.05) is 62.3 Å². The topological polar surface area (TPSA) is 67.9 Å². The van der Waals surface area contributed by atoms with Gasteiger partial charge in [0.2, 0.25) is 0 Å². The van der Waals surface area contributed by atoms with Gasteiger partial charge in [-0.1, -0.05) is 18.2 Å². The van der Waals surface area contributed by atoms with Gasteiger partial charge >= 0.3 is 0 Å². The summed E-state index contributed by atoms with van der Waals surface area (Å²) in [6.07, 6.45) is 3.15. The van der Waals surface area contributed by atoms with Gasteiger partial charge in [-0.05, 0) is 25.1 Å². The normalized spacial score (nSPS) is 12.7. The highest BCUT2D eigenvalue weighted by Crippen LogP contribution is 2.21. The van der Waals surface area contributed by atoms with Crippen molar-refractivity contribution < 1.29 is 4.74 Å². The molecule has 2 aromatic heterocycles. The molecule has 1 atom stereocenters. The van der Waals surface area contributed by atoms with Crippen LogP contribution in [0.5, 0.6) is 5.75 Å². The van der Waals surface area contributed by atoms with Crippen molar-refractivity contribution in [1.29, 1.82) is 0 Å². The lowest BCUT2D eigenvalue weighted by atomic mass is 10.2. The molecule has 0 aliphatic heterocycles. The van der Waals surface area contributed by atoms with Crippen molar-refractivity contribution in [3.63, 3.8) is 0 Å². The largest absolute Gasteiger partial charge is 0.484 e. The molecule has 7 heteroatoms. The fourth-order valence-corrected chi connectivity index (χ4v) is 2.09. The van der Waals surface area contributed by atoms with Crippen molar-refractivity contribution >= 4 is 18.1 Å². The number of rotatable bonds is 5. The molecule has 0 aliphatic carbocycles. The van der Waals surface area contributed by atoms with E-state index in [-0.39, 0.29) is 6.10 Å². The van der Waals surface area contributed by atoms with E-state index in [2.05, 4.69) is 20.1 Å². The van der Waals surface area contributed by atoms with Gasteiger partial charge in [0.15, 0.2) is 0 Å². The SMILES string of the molecule is C[C@H](Oc1ccccc1)c1ccnc2nc(N=CN(C)C)nn12. The Bertz CT molecular complexity index is 812. The quantitative estimate of drug-likeness (QED) is 0.535. The predicted octanol–water partition coefficient (Wildman–Crippen LogP) is 2.49. The lowest BCUT2D eigenvalue weighted by Crippen LogP contribution is -2.10. The van der Waals surface area contributed by atoms with E-state index in [1.165, 1.54) is 0 Å². The van der Waals surface area contributed by atoms with Crippen LogP contribution in [0.15, 0.2) is 47.6 Å². The van der Waals surface area contributed by atoms with E-state index in [1.54, 1.807) is 17.1 Å². The molecule has 0 fully saturated rings. The number of nitrogens with zero attached hydrogens (tertiary/aromatic N) is 6. The first-order valence-corrected chi connectivity index (χ1v) is 7.27. The van der Waals surface area contributed by atoms with Crippen LogP contribution >= 0.6 is 0 Å². The van der Waals surface area contributed by atoms with E-state index in [9.17, 15) is 0 Å². The maximum absolute atomic E-state index is 5.95. The maximum Gasteiger partial charge on any atom is 0.272 e. The number of aliphatic imine (C=N–C) groups is 1. The minimum absolute atomic E-state index is 0.199. The maximum atomic E-state index is 5.95. The van der Waals surface area contributed by atoms with Crippen molar-refractivity contribution in [1.82, 2.24) is 24.5 Å². The van der Waals surface area contributed by atoms with E-state index < -0.39 is 0 Å². The van der Waals surface area contributed by atoms with Gasteiger partial charge in [-0.3, -0.25) is 0 Å². The molecule has 2 heterocycles. The van der Waals surface area contributed by atoms with Gasteiger partial charge in [-0.25, -0.2) is 9.98 Å². The molecule has 118 valence electrons. The van der Waals surface area contributed by atoms with Gasteiger partial charge in [0.05, 0.1) is 12.0 Å². The summed E-state index contributed by atoms with van der Waals surface area (Å²) in [7, 11) is 3.78. The highest BCUT2D eigenvalue weighted by atomic mass is 16.5. The van der Waals surface area contributed by atoms with E-state index in [0.717, 1.165) is 11.4 Å². The van der Waals surface area contributed by atoms with Gasteiger partial charge < -0.3 is 9.64 Å². The van der Waals surface area contributed by atoms with Gasteiger partial charge in [-0.15, -0.1) is 5.10 Å². The summed E-state index contributed by atoms with van der Waals surface area (Å²) in [5.74, 6) is 1.67. The zero-order chi connectivity index (χ0) is 16.2. The number of benzene rings is 1. The molecule has 0 aliphatic rings. The third kappa shape index (κ3) is 3.45. The molecular formula is C16H18N6O. The Labute approximate surface area is 134 Å². The first-order chi connectivity index (χ1) is 11.1. The Morgan fingerprint density at radius 2 is 2.00 bits per heavy atom. The second kappa shape index (κ2) is 6.43. The number of para-hydroxylation sites is 1. The molecule has 0 bridgehead atoms. The number of hydrogen-bond acceptors (Lipinski definition) is 5. The summed E-state index contributed by atoms with van der Waals surface area (Å²) in [6.45, 7) is 1.96. The van der Waals surface area contributed by atoms with Crippen LogP contribution in [0.25, 0.3) is 5.78 Å². The number of ether oxygens (including phenoxy) is 1. The van der Waals surface area contributed by atoms with E-state index in [4.69, 9.17) is 4.74 Å². The number of aromatic nitrogens is 4. The molecule has 23 heavy (non-hydrogen) atoms. The van der Waals surface area contributed by atoms with Gasteiger partial charge in [0.25, 0.3) is 11.7 Å². The number of hydrogen-bond donors (Lipinski definition) is 0. The summed E-state index contributed by atoms with van der Waals surface area (Å²) in [5, 5.41) is 4.39. The Morgan fingerprint density at radius 3 is 2.74 bits per heavy atom. The van der Waals surface area contributed by atoms with E-state index in [0.29, 0.717) is 11.7 Å². The molecule has 0 saturated heterocycles. The molecule has 0 amide bonds. The fraction of sp³-hybridized carbons (Fsp3) is 0.250. The highest BCUT2D eigenvalue weighted by molar-refractivity contribution is 5.58. The summed E-state index contributed by atoms with van der Waals surface area (Å²) in [4.78, 5) is 14.5. The van der Waals surface area contributed by atoms with Crippen LogP contribution < -0.4 is 4.74 Å². The molecule has 7 nitrogen and oxygen atoms in total. The number of fused-ring (bicyclic) bond motifs is 1. The molecular weight excluding hydrogens is 292 g/mol. The second-order valence-electron chi connectivity index (χ2n) is 5.27. The molecule has 1 aromatic carbocycles. The van der Waals surface area contributed by atoms with Crippen LogP contribution in [0.4, 0.5) is 5.95 Å². The predicted molar refractivity (Wildman–Crippen MR) is 88.1 cm³/mol. The summed E-state index contributed by atoms with van der Waals surface area (Å²) < 4.78 is 7.62. The van der Waals surface area contributed by atoms with E-state index >= 15 is 0 Å². The van der Waals surface area contributed by atoms with Crippen molar-refractivity contribution in [2.75, 3.05) is 14.1 Å². The average molecular weight is 310 g/mol. The first kappa shape index (κ1) is 15.0. The van der Waals surface area contributed by atoms with Gasteiger partial charge in [0.1, 0.15) is 11.9 Å². The smallest absolute Gasteiger partial charge is 0.272 e. The minimum atomic E-state index is -0.199. The lowest BCUT2D eigenvalue weighted by molar-refractivity contribution is 0.219. The van der Waals surface area contributed by atoms with Crippen molar-refractivity contribution in [2.45, 2.75) is 13.0 Å². The molecule has 0 spiro atoms. The lowest BCUT2D eigenvalue weighted by Gasteiger charge is -2.15. The standard InChI is InChI=1S/C16H18N6O/c1-12(23-13-7-5-4-6-8-13)14-9-10-17-16-19-15(20-22(14)16)18-11-21(2)3/h4-12H,1-3H3/t12-/m0/s1. The van der Waals surface area contributed by atoms with Crippen molar-refractivity contribution in [2.24, 2.45) is 4.99 Å². The summed E-state index contributed by atoms with van der Waals surface area (Å²) in [5.41, 5.74) is 0.859. The van der Waals surface area contributed by atoms with Gasteiger partial charge in [-0.2, -0.15) is 9.50 Å². The summed E-state index contributed by atoms with van der Waals surface area (Å²) in [6, 6.07) is 11.5. The molecule has 0 unspecified atom stereocenters. The first-order valence-electron chi connectivity index (χ1n) is 7.27. The molecule has 0 N–H and O–H groups in total. The highest BCUT2D eigenvalue weighted by Gasteiger charge is 2.14. The Kier molecular flexibility index (Phi) is 4.18. The minimum Gasteiger partial charge on any atom is -0.484 e. The summed E-state index contributed by atoms with van der Waals surface area (Å²) >= 11 is 0. The van der Waals surface area contributed by atoms with Gasteiger partial charge in [0, 0.05) is 20.3 Å². The monoisotopic (exact) mass is 310 g/mol.